The number of nitrogens with zero attached hydrogens (tertiary/aromatic N) is 2. The smallest absolute Gasteiger partial charge is 0.154 e. The Morgan fingerprint density at radius 1 is 1.43 bits per heavy atom. The van der Waals surface area contributed by atoms with Crippen molar-refractivity contribution in [1.82, 2.24) is 10.2 Å². The summed E-state index contributed by atoms with van der Waals surface area (Å²) in [5, 5.41) is 10.3. The van der Waals surface area contributed by atoms with Crippen molar-refractivity contribution >= 4 is 38.9 Å². The Morgan fingerprint density at radius 3 is 2.93 bits per heavy atom. The molecule has 0 saturated heterocycles. The van der Waals surface area contributed by atoms with Crippen LogP contribution in [-0.2, 0) is 6.42 Å². The average Bonchev–Trinajstić information content (AvgIpc) is 2.64. The summed E-state index contributed by atoms with van der Waals surface area (Å²) in [5.74, 6) is 0. The maximum atomic E-state index is 5.74. The summed E-state index contributed by atoms with van der Waals surface area (Å²) in [4.78, 5) is 1.27. The van der Waals surface area contributed by atoms with Crippen molar-refractivity contribution in [3.63, 3.8) is 0 Å². The van der Waals surface area contributed by atoms with Crippen molar-refractivity contribution < 1.29 is 0 Å². The van der Waals surface area contributed by atoms with Gasteiger partial charge in [0.2, 0.25) is 0 Å². The fraction of sp³-hybridized carbons (Fsp3) is 0.111. The summed E-state index contributed by atoms with van der Waals surface area (Å²) < 4.78 is 0.792. The zero-order chi connectivity index (χ0) is 9.97. The highest BCUT2D eigenvalue weighted by Crippen LogP contribution is 2.21. The summed E-state index contributed by atoms with van der Waals surface area (Å²) in [5.41, 5.74) is 0.920. The second kappa shape index (κ2) is 4.38. The highest BCUT2D eigenvalue weighted by atomic mass is 79.9. The van der Waals surface area contributed by atoms with Crippen molar-refractivity contribution in [3.05, 3.63) is 43.8 Å². The van der Waals surface area contributed by atoms with Crippen LogP contribution in [-0.4, -0.2) is 10.2 Å². The Kier molecular flexibility index (Phi) is 3.15. The number of hydrogen-bond acceptors (Lipinski definition) is 3. The second-order valence-electron chi connectivity index (χ2n) is 2.73. The van der Waals surface area contributed by atoms with Crippen LogP contribution in [0.15, 0.2) is 28.1 Å². The molecular weight excluding hydrogens is 284 g/mol. The van der Waals surface area contributed by atoms with Crippen LogP contribution in [0.3, 0.4) is 0 Å². The molecule has 0 aromatic carbocycles. The third kappa shape index (κ3) is 2.32. The van der Waals surface area contributed by atoms with Crippen molar-refractivity contribution in [1.29, 1.82) is 0 Å². The van der Waals surface area contributed by atoms with Gasteiger partial charge >= 0.3 is 0 Å². The maximum absolute atomic E-state index is 5.74. The molecule has 72 valence electrons. The van der Waals surface area contributed by atoms with Crippen LogP contribution < -0.4 is 0 Å². The molecule has 0 unspecified atom stereocenters. The fourth-order valence-corrected chi connectivity index (χ4v) is 2.22. The van der Waals surface area contributed by atoms with Crippen LogP contribution >= 0.6 is 38.9 Å². The van der Waals surface area contributed by atoms with E-state index in [1.54, 1.807) is 11.3 Å². The first-order valence-electron chi connectivity index (χ1n) is 3.95. The number of hydrogen-bond donors (Lipinski definition) is 0. The van der Waals surface area contributed by atoms with Gasteiger partial charge < -0.3 is 0 Å². The molecule has 0 saturated carbocycles. The number of halogens is 2. The second-order valence-corrected chi connectivity index (χ2v) is 4.98. The Hall–Kier alpha value is -0.450. The quantitative estimate of drug-likeness (QED) is 0.845. The summed E-state index contributed by atoms with van der Waals surface area (Å²) in [6.45, 7) is 0. The Morgan fingerprint density at radius 2 is 2.29 bits per heavy atom. The summed E-state index contributed by atoms with van der Waals surface area (Å²) in [6, 6.07) is 6.00. The lowest BCUT2D eigenvalue weighted by molar-refractivity contribution is 0.938. The fourth-order valence-electron chi connectivity index (χ4n) is 1.07. The third-order valence-corrected chi connectivity index (χ3v) is 3.68. The van der Waals surface area contributed by atoms with Gasteiger partial charge in [-0.1, -0.05) is 17.7 Å². The highest BCUT2D eigenvalue weighted by molar-refractivity contribution is 9.10. The van der Waals surface area contributed by atoms with Gasteiger partial charge in [0.05, 0.1) is 10.2 Å². The molecule has 0 spiro atoms. The molecule has 0 amide bonds. The van der Waals surface area contributed by atoms with Crippen LogP contribution in [0, 0.1) is 0 Å². The zero-order valence-corrected chi connectivity index (χ0v) is 10.2. The molecule has 0 aliphatic carbocycles. The molecule has 2 aromatic heterocycles. The van der Waals surface area contributed by atoms with Crippen LogP contribution in [0.2, 0.25) is 5.15 Å². The molecule has 2 rings (SSSR count). The van der Waals surface area contributed by atoms with Gasteiger partial charge in [0.25, 0.3) is 0 Å². The van der Waals surface area contributed by atoms with Crippen molar-refractivity contribution in [2.45, 2.75) is 6.42 Å². The third-order valence-electron chi connectivity index (χ3n) is 1.69. The van der Waals surface area contributed by atoms with Gasteiger partial charge in [-0.05, 0) is 33.4 Å². The molecule has 2 nitrogen and oxygen atoms in total. The van der Waals surface area contributed by atoms with Gasteiger partial charge in [0.15, 0.2) is 5.15 Å². The average molecular weight is 290 g/mol. The van der Waals surface area contributed by atoms with E-state index < -0.39 is 0 Å². The SMILES string of the molecule is Clc1nnc(Cc2cccs2)cc1Br. The van der Waals surface area contributed by atoms with E-state index in [2.05, 4.69) is 32.2 Å². The van der Waals surface area contributed by atoms with Gasteiger partial charge in [0.1, 0.15) is 0 Å². The van der Waals surface area contributed by atoms with E-state index in [4.69, 9.17) is 11.6 Å². The maximum Gasteiger partial charge on any atom is 0.165 e. The molecule has 0 bridgehead atoms. The monoisotopic (exact) mass is 288 g/mol. The molecule has 14 heavy (non-hydrogen) atoms. The van der Waals surface area contributed by atoms with Crippen LogP contribution in [0.4, 0.5) is 0 Å². The van der Waals surface area contributed by atoms with Crippen molar-refractivity contribution in [3.8, 4) is 0 Å². The molecule has 0 fully saturated rings. The van der Waals surface area contributed by atoms with E-state index in [0.717, 1.165) is 16.6 Å². The van der Waals surface area contributed by atoms with E-state index >= 15 is 0 Å². The molecule has 0 radical (unpaired) electrons. The minimum absolute atomic E-state index is 0.403. The predicted octanol–water partition coefficient (Wildman–Crippen LogP) is 3.54. The van der Waals surface area contributed by atoms with E-state index in [-0.39, 0.29) is 0 Å². The topological polar surface area (TPSA) is 25.8 Å². The highest BCUT2D eigenvalue weighted by Gasteiger charge is 2.03. The lowest BCUT2D eigenvalue weighted by Gasteiger charge is -1.98. The molecule has 5 heteroatoms. The van der Waals surface area contributed by atoms with Gasteiger partial charge in [0, 0.05) is 11.3 Å². The molecule has 0 aliphatic rings. The zero-order valence-electron chi connectivity index (χ0n) is 7.08. The number of rotatable bonds is 2. The van der Waals surface area contributed by atoms with Crippen LogP contribution in [0.5, 0.6) is 0 Å². The van der Waals surface area contributed by atoms with Crippen molar-refractivity contribution in [2.24, 2.45) is 0 Å². The van der Waals surface area contributed by atoms with Gasteiger partial charge in [-0.2, -0.15) is 5.10 Å². The summed E-state index contributed by atoms with van der Waals surface area (Å²) >= 11 is 10.8. The standard InChI is InChI=1S/C9H6BrClN2S/c10-8-5-6(12-13-9(8)11)4-7-2-1-3-14-7/h1-3,5H,4H2. The lowest BCUT2D eigenvalue weighted by atomic mass is 10.2. The van der Waals surface area contributed by atoms with E-state index in [1.165, 1.54) is 4.88 Å². The van der Waals surface area contributed by atoms with Crippen molar-refractivity contribution in [2.75, 3.05) is 0 Å². The molecule has 0 atom stereocenters. The predicted molar refractivity (Wildman–Crippen MR) is 61.9 cm³/mol. The number of thiophene rings is 1. The first-order chi connectivity index (χ1) is 6.75. The largest absolute Gasteiger partial charge is 0.165 e. The lowest BCUT2D eigenvalue weighted by Crippen LogP contribution is -1.93. The van der Waals surface area contributed by atoms with E-state index in [9.17, 15) is 0 Å². The number of aromatic nitrogens is 2. The first-order valence-corrected chi connectivity index (χ1v) is 6.01. The molecular formula is C9H6BrClN2S. The molecule has 0 aliphatic heterocycles. The van der Waals surface area contributed by atoms with Crippen LogP contribution in [0.25, 0.3) is 0 Å². The van der Waals surface area contributed by atoms with E-state index in [0.29, 0.717) is 5.15 Å². The summed E-state index contributed by atoms with van der Waals surface area (Å²) in [7, 11) is 0. The minimum Gasteiger partial charge on any atom is -0.154 e. The van der Waals surface area contributed by atoms with Crippen LogP contribution in [0.1, 0.15) is 10.6 Å². The molecule has 0 N–H and O–H groups in total. The molecule has 2 heterocycles. The summed E-state index contributed by atoms with van der Waals surface area (Å²) in [6.07, 6.45) is 0.806. The Balaban J connectivity index is 2.22. The Labute approximate surface area is 99.1 Å². The van der Waals surface area contributed by atoms with E-state index in [1.807, 2.05) is 17.5 Å². The van der Waals surface area contributed by atoms with Gasteiger partial charge in [-0.15, -0.1) is 16.4 Å². The Bertz CT molecular complexity index is 430. The minimum atomic E-state index is 0.403. The van der Waals surface area contributed by atoms with Gasteiger partial charge in [-0.3, -0.25) is 0 Å². The first kappa shape index (κ1) is 10.1. The normalized spacial score (nSPS) is 10.4. The van der Waals surface area contributed by atoms with Gasteiger partial charge in [-0.25, -0.2) is 0 Å². The molecule has 2 aromatic rings.